The third kappa shape index (κ3) is 3.75. The summed E-state index contributed by atoms with van der Waals surface area (Å²) in [6, 6.07) is 10.5. The van der Waals surface area contributed by atoms with Crippen LogP contribution < -0.4 is 4.57 Å². The van der Waals surface area contributed by atoms with Crippen LogP contribution in [0, 0.1) is 19.7 Å². The van der Waals surface area contributed by atoms with Gasteiger partial charge in [0.15, 0.2) is 24.5 Å². The summed E-state index contributed by atoms with van der Waals surface area (Å²) in [6.07, 6.45) is 3.87. The molecule has 2 heterocycles. The Kier molecular flexibility index (Phi) is 4.74. The number of hydrogen-bond donors (Lipinski definition) is 0. The van der Waals surface area contributed by atoms with Gasteiger partial charge >= 0.3 is 0 Å². The number of rotatable bonds is 3. The highest BCUT2D eigenvalue weighted by Crippen LogP contribution is 2.28. The molecule has 2 aromatic carbocycles. The molecule has 0 saturated carbocycles. The molecule has 0 N–H and O–H groups in total. The molecule has 0 aliphatic heterocycles. The van der Waals surface area contributed by atoms with Crippen LogP contribution in [0.15, 0.2) is 57.7 Å². The van der Waals surface area contributed by atoms with E-state index in [9.17, 15) is 4.39 Å². The van der Waals surface area contributed by atoms with Crippen LogP contribution in [0.1, 0.15) is 16.7 Å². The van der Waals surface area contributed by atoms with E-state index in [0.29, 0.717) is 17.5 Å². The van der Waals surface area contributed by atoms with Gasteiger partial charge in [0, 0.05) is 5.56 Å². The lowest BCUT2D eigenvalue weighted by molar-refractivity contribution is -0.688. The molecule has 27 heavy (non-hydrogen) atoms. The molecule has 0 aliphatic rings. The number of aryl methyl sites for hydroxylation is 2. The Morgan fingerprint density at radius 2 is 1.96 bits per heavy atom. The van der Waals surface area contributed by atoms with Crippen molar-refractivity contribution in [1.29, 1.82) is 0 Å². The standard InChI is InChI=1S/C21H16BrClFN2O/c1-12-5-13(2)20-19(6-12)25-21(27-20)15-7-16(22)11-26(10-15)9-14-3-4-17(24)8-18(14)23/h3-8,10-11H,9H2,1-2H3/q+1. The summed E-state index contributed by atoms with van der Waals surface area (Å²) in [5.41, 5.74) is 5.52. The van der Waals surface area contributed by atoms with Crippen molar-refractivity contribution < 1.29 is 13.4 Å². The maximum Gasteiger partial charge on any atom is 0.233 e. The van der Waals surface area contributed by atoms with Crippen LogP contribution in [0.3, 0.4) is 0 Å². The zero-order valence-electron chi connectivity index (χ0n) is 14.8. The third-order valence-corrected chi connectivity index (χ3v) is 5.11. The summed E-state index contributed by atoms with van der Waals surface area (Å²) in [5, 5.41) is 0.400. The summed E-state index contributed by atoms with van der Waals surface area (Å²) in [7, 11) is 0. The van der Waals surface area contributed by atoms with E-state index in [1.54, 1.807) is 6.07 Å². The highest BCUT2D eigenvalue weighted by Gasteiger charge is 2.16. The van der Waals surface area contributed by atoms with Gasteiger partial charge in [0.25, 0.3) is 0 Å². The van der Waals surface area contributed by atoms with E-state index in [1.807, 2.05) is 42.9 Å². The molecule has 0 atom stereocenters. The minimum atomic E-state index is -0.346. The second-order valence-electron chi connectivity index (χ2n) is 6.60. The fourth-order valence-electron chi connectivity index (χ4n) is 3.15. The van der Waals surface area contributed by atoms with Crippen LogP contribution in [0.5, 0.6) is 0 Å². The molecule has 6 heteroatoms. The molecule has 0 unspecified atom stereocenters. The van der Waals surface area contributed by atoms with E-state index in [-0.39, 0.29) is 5.82 Å². The highest BCUT2D eigenvalue weighted by atomic mass is 79.9. The molecule has 4 aromatic rings. The molecule has 4 rings (SSSR count). The molecule has 0 saturated heterocycles. The van der Waals surface area contributed by atoms with Gasteiger partial charge in [-0.1, -0.05) is 17.7 Å². The highest BCUT2D eigenvalue weighted by molar-refractivity contribution is 9.10. The van der Waals surface area contributed by atoms with Crippen LogP contribution in [0.2, 0.25) is 5.02 Å². The van der Waals surface area contributed by atoms with E-state index >= 15 is 0 Å². The van der Waals surface area contributed by atoms with Gasteiger partial charge in [0.1, 0.15) is 16.9 Å². The Hall–Kier alpha value is -2.24. The molecule has 0 aliphatic carbocycles. The minimum Gasteiger partial charge on any atom is -0.436 e. The van der Waals surface area contributed by atoms with Crippen molar-refractivity contribution >= 4 is 38.6 Å². The van der Waals surface area contributed by atoms with Crippen molar-refractivity contribution in [1.82, 2.24) is 4.98 Å². The van der Waals surface area contributed by atoms with Crippen molar-refractivity contribution in [2.45, 2.75) is 20.4 Å². The van der Waals surface area contributed by atoms with Crippen LogP contribution >= 0.6 is 27.5 Å². The molecule has 2 aromatic heterocycles. The van der Waals surface area contributed by atoms with E-state index in [4.69, 9.17) is 16.0 Å². The van der Waals surface area contributed by atoms with Gasteiger partial charge in [-0.15, -0.1) is 0 Å². The van der Waals surface area contributed by atoms with Crippen molar-refractivity contribution in [3.63, 3.8) is 0 Å². The monoisotopic (exact) mass is 445 g/mol. The lowest BCUT2D eigenvalue weighted by atomic mass is 10.1. The van der Waals surface area contributed by atoms with E-state index in [1.165, 1.54) is 12.1 Å². The lowest BCUT2D eigenvalue weighted by Gasteiger charge is -2.03. The number of benzene rings is 2. The average molecular weight is 447 g/mol. The first-order chi connectivity index (χ1) is 12.9. The number of halogens is 3. The number of aromatic nitrogens is 2. The Labute approximate surface area is 169 Å². The van der Waals surface area contributed by atoms with Gasteiger partial charge in [-0.05, 0) is 71.2 Å². The van der Waals surface area contributed by atoms with Crippen molar-refractivity contribution in [2.24, 2.45) is 0 Å². The Morgan fingerprint density at radius 1 is 1.15 bits per heavy atom. The van der Waals surface area contributed by atoms with Crippen LogP contribution in [-0.2, 0) is 6.54 Å². The van der Waals surface area contributed by atoms with E-state index in [0.717, 1.165) is 37.8 Å². The van der Waals surface area contributed by atoms with Gasteiger partial charge in [0.2, 0.25) is 5.89 Å². The number of pyridine rings is 1. The van der Waals surface area contributed by atoms with E-state index < -0.39 is 0 Å². The summed E-state index contributed by atoms with van der Waals surface area (Å²) in [5.74, 6) is 0.208. The van der Waals surface area contributed by atoms with Crippen molar-refractivity contribution in [2.75, 3.05) is 0 Å². The lowest BCUT2D eigenvalue weighted by Crippen LogP contribution is -2.34. The zero-order chi connectivity index (χ0) is 19.1. The zero-order valence-corrected chi connectivity index (χ0v) is 17.1. The molecule has 0 spiro atoms. The maximum absolute atomic E-state index is 13.3. The average Bonchev–Trinajstić information content (AvgIpc) is 3.01. The van der Waals surface area contributed by atoms with Gasteiger partial charge in [-0.25, -0.2) is 9.37 Å². The topological polar surface area (TPSA) is 29.9 Å². The Balaban J connectivity index is 1.75. The first-order valence-corrected chi connectivity index (χ1v) is 9.58. The quantitative estimate of drug-likeness (QED) is 0.361. The SMILES string of the molecule is Cc1cc(C)c2oc(-c3cc(Br)c[n+](Cc4ccc(F)cc4Cl)c3)nc2c1. The van der Waals surface area contributed by atoms with Crippen LogP contribution in [0.25, 0.3) is 22.6 Å². The van der Waals surface area contributed by atoms with Crippen molar-refractivity contribution in [3.8, 4) is 11.5 Å². The van der Waals surface area contributed by atoms with Gasteiger partial charge in [-0.2, -0.15) is 4.57 Å². The number of fused-ring (bicyclic) bond motifs is 1. The number of oxazole rings is 1. The fraction of sp³-hybridized carbons (Fsp3) is 0.143. The smallest absolute Gasteiger partial charge is 0.233 e. The largest absolute Gasteiger partial charge is 0.436 e. The summed E-state index contributed by atoms with van der Waals surface area (Å²) < 4.78 is 22.1. The normalized spacial score (nSPS) is 11.3. The first-order valence-electron chi connectivity index (χ1n) is 8.41. The van der Waals surface area contributed by atoms with Gasteiger partial charge in [0.05, 0.1) is 9.50 Å². The first kappa shape index (κ1) is 18.1. The molecule has 0 amide bonds. The molecule has 3 nitrogen and oxygen atoms in total. The Bertz CT molecular complexity index is 1170. The third-order valence-electron chi connectivity index (χ3n) is 4.32. The molecule has 0 radical (unpaired) electrons. The van der Waals surface area contributed by atoms with Crippen LogP contribution in [-0.4, -0.2) is 4.98 Å². The summed E-state index contributed by atoms with van der Waals surface area (Å²) >= 11 is 9.71. The molecule has 0 bridgehead atoms. The molecular formula is C21H16BrClFN2O+. The minimum absolute atomic E-state index is 0.346. The fourth-order valence-corrected chi connectivity index (χ4v) is 3.89. The summed E-state index contributed by atoms with van der Waals surface area (Å²) in [4.78, 5) is 4.65. The number of hydrogen-bond acceptors (Lipinski definition) is 2. The van der Waals surface area contributed by atoms with E-state index in [2.05, 4.69) is 27.0 Å². The summed E-state index contributed by atoms with van der Waals surface area (Å²) in [6.45, 7) is 4.56. The maximum atomic E-state index is 13.3. The second-order valence-corrected chi connectivity index (χ2v) is 7.92. The van der Waals surface area contributed by atoms with Gasteiger partial charge in [-0.3, -0.25) is 0 Å². The second kappa shape index (κ2) is 7.06. The predicted octanol–water partition coefficient (Wildman–Crippen LogP) is 6.00. The predicted molar refractivity (Wildman–Crippen MR) is 107 cm³/mol. The van der Waals surface area contributed by atoms with Crippen LogP contribution in [0.4, 0.5) is 4.39 Å². The van der Waals surface area contributed by atoms with Gasteiger partial charge < -0.3 is 4.42 Å². The number of nitrogens with zero attached hydrogens (tertiary/aromatic N) is 2. The molecule has 0 fully saturated rings. The molecule has 136 valence electrons. The Morgan fingerprint density at radius 3 is 2.74 bits per heavy atom. The molecular weight excluding hydrogens is 431 g/mol. The van der Waals surface area contributed by atoms with Crippen molar-refractivity contribution in [3.05, 3.63) is 80.8 Å².